The zero-order valence-corrected chi connectivity index (χ0v) is 18.3. The number of rotatable bonds is 4. The number of fused-ring (bicyclic) bond motifs is 2. The number of methoxy groups -OCH3 is 1. The van der Waals surface area contributed by atoms with Gasteiger partial charge in [0.2, 0.25) is 5.91 Å². The Morgan fingerprint density at radius 2 is 1.94 bits per heavy atom. The molecule has 2 aliphatic rings. The van der Waals surface area contributed by atoms with Crippen molar-refractivity contribution in [3.05, 3.63) is 59.8 Å². The Morgan fingerprint density at radius 1 is 1.12 bits per heavy atom. The lowest BCUT2D eigenvalue weighted by Gasteiger charge is -2.33. The van der Waals surface area contributed by atoms with E-state index >= 15 is 0 Å². The van der Waals surface area contributed by atoms with E-state index in [1.165, 1.54) is 0 Å². The summed E-state index contributed by atoms with van der Waals surface area (Å²) in [6.45, 7) is 2.21. The largest absolute Gasteiger partial charge is 0.497 e. The van der Waals surface area contributed by atoms with Crippen LogP contribution in [0.5, 0.6) is 5.75 Å². The number of carbonyl (C=O) groups excluding carboxylic acids is 2. The van der Waals surface area contributed by atoms with Gasteiger partial charge in [-0.05, 0) is 54.8 Å². The highest BCUT2D eigenvalue weighted by Gasteiger charge is 2.28. The van der Waals surface area contributed by atoms with Gasteiger partial charge in [-0.3, -0.25) is 14.6 Å². The third kappa shape index (κ3) is 3.64. The van der Waals surface area contributed by atoms with E-state index in [9.17, 15) is 9.59 Å². The lowest BCUT2D eigenvalue weighted by atomic mass is 9.95. The van der Waals surface area contributed by atoms with Gasteiger partial charge in [-0.25, -0.2) is 0 Å². The second-order valence-electron chi connectivity index (χ2n) is 8.50. The Kier molecular flexibility index (Phi) is 5.17. The fraction of sp³-hybridized carbons (Fsp3) is 0.320. The zero-order chi connectivity index (χ0) is 22.2. The van der Waals surface area contributed by atoms with Crippen molar-refractivity contribution in [2.45, 2.75) is 19.4 Å². The summed E-state index contributed by atoms with van der Waals surface area (Å²) < 4.78 is 5.39. The summed E-state index contributed by atoms with van der Waals surface area (Å²) in [6, 6.07) is 13.5. The number of benzene rings is 2. The molecule has 1 N–H and O–H groups in total. The fourth-order valence-electron chi connectivity index (χ4n) is 4.66. The maximum Gasteiger partial charge on any atom is 0.254 e. The van der Waals surface area contributed by atoms with Crippen molar-refractivity contribution in [2.75, 3.05) is 37.5 Å². The van der Waals surface area contributed by atoms with Crippen molar-refractivity contribution in [2.24, 2.45) is 5.92 Å². The minimum atomic E-state index is -0.0551. The van der Waals surface area contributed by atoms with Crippen LogP contribution in [-0.4, -0.2) is 48.9 Å². The average molecular weight is 431 g/mol. The van der Waals surface area contributed by atoms with Gasteiger partial charge in [0.15, 0.2) is 0 Å². The molecule has 0 atom stereocenters. The summed E-state index contributed by atoms with van der Waals surface area (Å²) in [5.41, 5.74) is 4.42. The molecule has 0 aliphatic carbocycles. The molecule has 1 saturated heterocycles. The maximum absolute atomic E-state index is 12.9. The molecule has 3 aromatic rings. The molecular weight excluding hydrogens is 404 g/mol. The first-order valence-electron chi connectivity index (χ1n) is 10.9. The molecule has 2 aliphatic heterocycles. The van der Waals surface area contributed by atoms with Crippen LogP contribution in [0.3, 0.4) is 0 Å². The van der Waals surface area contributed by atoms with Gasteiger partial charge in [0.05, 0.1) is 12.6 Å². The first-order valence-corrected chi connectivity index (χ1v) is 10.9. The van der Waals surface area contributed by atoms with Crippen molar-refractivity contribution < 1.29 is 14.3 Å². The second-order valence-corrected chi connectivity index (χ2v) is 8.50. The Labute approximate surface area is 187 Å². The van der Waals surface area contributed by atoms with E-state index < -0.39 is 0 Å². The average Bonchev–Trinajstić information content (AvgIpc) is 3.11. The summed E-state index contributed by atoms with van der Waals surface area (Å²) in [7, 11) is 3.45. The van der Waals surface area contributed by atoms with E-state index in [4.69, 9.17) is 4.74 Å². The molecular formula is C25H26N4O3. The fourth-order valence-corrected chi connectivity index (χ4v) is 4.66. The number of amides is 2. The lowest BCUT2D eigenvalue weighted by molar-refractivity contribution is -0.120. The number of nitrogens with one attached hydrogen (secondary N) is 1. The molecule has 1 aromatic heterocycles. The van der Waals surface area contributed by atoms with Crippen LogP contribution in [0.2, 0.25) is 0 Å². The highest BCUT2D eigenvalue weighted by Crippen LogP contribution is 2.32. The van der Waals surface area contributed by atoms with Crippen LogP contribution in [0.15, 0.2) is 48.7 Å². The van der Waals surface area contributed by atoms with Crippen LogP contribution >= 0.6 is 0 Å². The molecule has 1 fully saturated rings. The smallest absolute Gasteiger partial charge is 0.254 e. The molecule has 0 saturated carbocycles. The maximum atomic E-state index is 12.9. The SMILES string of the molecule is COc1ccc2nccc(N3CCC(C(=O)Nc4ccc5c(c4)C(=O)N(C)C5)CC3)c2c1. The summed E-state index contributed by atoms with van der Waals surface area (Å²) in [6.07, 6.45) is 3.37. The molecule has 2 amide bonds. The van der Waals surface area contributed by atoms with Crippen LogP contribution < -0.4 is 15.0 Å². The molecule has 5 rings (SSSR count). The third-order valence-corrected chi connectivity index (χ3v) is 6.49. The van der Waals surface area contributed by atoms with Gasteiger partial charge in [-0.1, -0.05) is 6.07 Å². The number of carbonyl (C=O) groups is 2. The van der Waals surface area contributed by atoms with E-state index in [0.29, 0.717) is 17.8 Å². The van der Waals surface area contributed by atoms with Gasteiger partial charge in [-0.15, -0.1) is 0 Å². The number of nitrogens with zero attached hydrogens (tertiary/aromatic N) is 3. The van der Waals surface area contributed by atoms with E-state index in [-0.39, 0.29) is 17.7 Å². The van der Waals surface area contributed by atoms with Gasteiger partial charge in [0, 0.05) is 61.1 Å². The Morgan fingerprint density at radius 3 is 2.72 bits per heavy atom. The van der Waals surface area contributed by atoms with Crippen molar-refractivity contribution in [1.29, 1.82) is 0 Å². The molecule has 0 unspecified atom stereocenters. The van der Waals surface area contributed by atoms with Crippen molar-refractivity contribution in [1.82, 2.24) is 9.88 Å². The second kappa shape index (κ2) is 8.15. The molecule has 0 bridgehead atoms. The Balaban J connectivity index is 1.26. The summed E-state index contributed by atoms with van der Waals surface area (Å²) in [5, 5.41) is 4.08. The van der Waals surface area contributed by atoms with Crippen LogP contribution in [0.25, 0.3) is 10.9 Å². The normalized spacial score (nSPS) is 16.4. The van der Waals surface area contributed by atoms with E-state index in [1.54, 1.807) is 25.1 Å². The Hall–Kier alpha value is -3.61. The monoisotopic (exact) mass is 430 g/mol. The molecule has 7 nitrogen and oxygen atoms in total. The highest BCUT2D eigenvalue weighted by molar-refractivity contribution is 6.00. The van der Waals surface area contributed by atoms with Crippen LogP contribution in [0.1, 0.15) is 28.8 Å². The van der Waals surface area contributed by atoms with Crippen molar-refractivity contribution in [3.8, 4) is 5.75 Å². The van der Waals surface area contributed by atoms with E-state index in [0.717, 1.165) is 53.8 Å². The molecule has 32 heavy (non-hydrogen) atoms. The number of hydrogen-bond donors (Lipinski definition) is 1. The number of aromatic nitrogens is 1. The molecule has 3 heterocycles. The minimum absolute atomic E-state index is 0.00520. The molecule has 0 spiro atoms. The zero-order valence-electron chi connectivity index (χ0n) is 18.3. The van der Waals surface area contributed by atoms with Gasteiger partial charge >= 0.3 is 0 Å². The van der Waals surface area contributed by atoms with Crippen LogP contribution in [-0.2, 0) is 11.3 Å². The van der Waals surface area contributed by atoms with Crippen molar-refractivity contribution >= 4 is 34.1 Å². The first-order chi connectivity index (χ1) is 15.5. The van der Waals surface area contributed by atoms with Gasteiger partial charge in [0.1, 0.15) is 5.75 Å². The summed E-state index contributed by atoms with van der Waals surface area (Å²) in [4.78, 5) is 33.6. The van der Waals surface area contributed by atoms with E-state index in [2.05, 4.69) is 15.2 Å². The third-order valence-electron chi connectivity index (χ3n) is 6.49. The quantitative estimate of drug-likeness (QED) is 0.683. The molecule has 0 radical (unpaired) electrons. The summed E-state index contributed by atoms with van der Waals surface area (Å²) >= 11 is 0. The molecule has 2 aromatic carbocycles. The number of piperidine rings is 1. The van der Waals surface area contributed by atoms with Gasteiger partial charge < -0.3 is 19.9 Å². The molecule has 164 valence electrons. The first kappa shape index (κ1) is 20.3. The number of anilines is 2. The van der Waals surface area contributed by atoms with Crippen molar-refractivity contribution in [3.63, 3.8) is 0 Å². The van der Waals surface area contributed by atoms with Gasteiger partial charge in [-0.2, -0.15) is 0 Å². The van der Waals surface area contributed by atoms with E-state index in [1.807, 2.05) is 42.6 Å². The number of pyridine rings is 1. The van der Waals surface area contributed by atoms with Crippen LogP contribution in [0, 0.1) is 5.92 Å². The highest BCUT2D eigenvalue weighted by atomic mass is 16.5. The number of ether oxygens (including phenoxy) is 1. The molecule has 7 heteroatoms. The topological polar surface area (TPSA) is 74.8 Å². The van der Waals surface area contributed by atoms with Gasteiger partial charge in [0.25, 0.3) is 5.91 Å². The Bertz CT molecular complexity index is 1200. The predicted molar refractivity (Wildman–Crippen MR) is 124 cm³/mol. The predicted octanol–water partition coefficient (Wildman–Crippen LogP) is 3.68. The lowest BCUT2D eigenvalue weighted by Crippen LogP contribution is -2.38. The minimum Gasteiger partial charge on any atom is -0.497 e. The number of hydrogen-bond acceptors (Lipinski definition) is 5. The van der Waals surface area contributed by atoms with Crippen LogP contribution in [0.4, 0.5) is 11.4 Å². The summed E-state index contributed by atoms with van der Waals surface area (Å²) in [5.74, 6) is 0.774. The standard InChI is InChI=1S/C25H26N4O3/c1-28-15-17-3-4-18(13-20(17)25(28)31)27-24(30)16-8-11-29(12-9-16)23-7-10-26-22-6-5-19(32-2)14-21(22)23/h3-7,10,13-14,16H,8-9,11-12,15H2,1-2H3,(H,27,30).